The van der Waals surface area contributed by atoms with E-state index in [1.807, 2.05) is 36.4 Å². The van der Waals surface area contributed by atoms with Crippen molar-refractivity contribution in [2.75, 3.05) is 6.61 Å². The van der Waals surface area contributed by atoms with Crippen LogP contribution >= 0.6 is 0 Å². The summed E-state index contributed by atoms with van der Waals surface area (Å²) in [4.78, 5) is 12.1. The van der Waals surface area contributed by atoms with E-state index in [2.05, 4.69) is 6.07 Å². The van der Waals surface area contributed by atoms with Crippen molar-refractivity contribution in [2.24, 2.45) is 0 Å². The Balaban J connectivity index is 1.72. The molecular formula is C22H19NO4. The molecule has 0 fully saturated rings. The minimum atomic E-state index is -0.433. The maximum atomic E-state index is 12.1. The fourth-order valence-corrected chi connectivity index (χ4v) is 3.59. The second-order valence-corrected chi connectivity index (χ2v) is 6.50. The number of carbonyl (C=O) groups is 1. The summed E-state index contributed by atoms with van der Waals surface area (Å²) in [6.07, 6.45) is 0.0363. The molecule has 0 radical (unpaired) electrons. The van der Waals surface area contributed by atoms with Gasteiger partial charge in [-0.2, -0.15) is 5.26 Å². The molecule has 0 saturated carbocycles. The zero-order valence-corrected chi connectivity index (χ0v) is 15.0. The summed E-state index contributed by atoms with van der Waals surface area (Å²) in [6.45, 7) is 2.13. The van der Waals surface area contributed by atoms with Crippen molar-refractivity contribution >= 4 is 16.9 Å². The summed E-state index contributed by atoms with van der Waals surface area (Å²) in [5.74, 6) is 0.547. The molecule has 2 atom stereocenters. The normalized spacial score (nSPS) is 18.7. The first-order valence-corrected chi connectivity index (χ1v) is 9.01. The topological polar surface area (TPSA) is 72.5 Å². The van der Waals surface area contributed by atoms with Crippen molar-refractivity contribution in [2.45, 2.75) is 32.0 Å². The Morgan fingerprint density at radius 3 is 2.74 bits per heavy atom. The van der Waals surface area contributed by atoms with Crippen LogP contribution in [0.4, 0.5) is 0 Å². The van der Waals surface area contributed by atoms with E-state index in [9.17, 15) is 4.79 Å². The van der Waals surface area contributed by atoms with Crippen molar-refractivity contribution in [1.82, 2.24) is 0 Å². The molecule has 0 bridgehead atoms. The lowest BCUT2D eigenvalue weighted by Crippen LogP contribution is -2.22. The van der Waals surface area contributed by atoms with Crippen LogP contribution in [0.3, 0.4) is 0 Å². The highest BCUT2D eigenvalue weighted by Gasteiger charge is 2.34. The van der Waals surface area contributed by atoms with Crippen LogP contribution in [-0.2, 0) is 20.7 Å². The molecule has 0 amide bonds. The third kappa shape index (κ3) is 3.32. The van der Waals surface area contributed by atoms with Crippen LogP contribution in [-0.4, -0.2) is 12.6 Å². The van der Waals surface area contributed by atoms with Gasteiger partial charge in [0.2, 0.25) is 0 Å². The number of ether oxygens (including phenoxy) is 2. The molecule has 27 heavy (non-hydrogen) atoms. The van der Waals surface area contributed by atoms with Crippen molar-refractivity contribution in [3.63, 3.8) is 0 Å². The molecule has 5 nitrogen and oxygen atoms in total. The number of esters is 1. The summed E-state index contributed by atoms with van der Waals surface area (Å²) in [7, 11) is 0. The maximum absolute atomic E-state index is 12.1. The number of hydrogen-bond donors (Lipinski definition) is 0. The lowest BCUT2D eigenvalue weighted by Gasteiger charge is -2.29. The number of rotatable bonds is 4. The minimum Gasteiger partial charge on any atom is -0.466 e. The first kappa shape index (κ1) is 17.3. The Bertz CT molecular complexity index is 1010. The highest BCUT2D eigenvalue weighted by Crippen LogP contribution is 2.44. The molecule has 1 aliphatic rings. The predicted octanol–water partition coefficient (Wildman–Crippen LogP) is 4.61. The average molecular weight is 361 g/mol. The number of nitrogens with zero attached hydrogens (tertiary/aromatic N) is 1. The monoisotopic (exact) mass is 361 g/mol. The van der Waals surface area contributed by atoms with Crippen LogP contribution in [0, 0.1) is 11.3 Å². The standard InChI is InChI=1S/C22H19NO4/c1-2-25-21(24)12-20-22-16-5-3-4-6-17(16)26-19(22)11-18(27-20)15-9-7-14(13-23)8-10-15/h3-10,18,20H,2,11-12H2,1H3/t18-,20-/m0/s1. The quantitative estimate of drug-likeness (QED) is 0.634. The van der Waals surface area contributed by atoms with Crippen LogP contribution in [0.1, 0.15) is 48.0 Å². The van der Waals surface area contributed by atoms with Crippen molar-refractivity contribution in [3.8, 4) is 6.07 Å². The smallest absolute Gasteiger partial charge is 0.308 e. The third-order valence-electron chi connectivity index (χ3n) is 4.80. The van der Waals surface area contributed by atoms with Gasteiger partial charge in [0, 0.05) is 17.4 Å². The Labute approximate surface area is 157 Å². The van der Waals surface area contributed by atoms with Gasteiger partial charge in [0.15, 0.2) is 0 Å². The molecule has 2 heterocycles. The van der Waals surface area contributed by atoms with Gasteiger partial charge in [-0.15, -0.1) is 0 Å². The summed E-state index contributed by atoms with van der Waals surface area (Å²) in [5, 5.41) is 9.97. The molecule has 0 spiro atoms. The van der Waals surface area contributed by atoms with Gasteiger partial charge in [0.25, 0.3) is 0 Å². The third-order valence-corrected chi connectivity index (χ3v) is 4.80. The molecule has 2 aromatic carbocycles. The van der Waals surface area contributed by atoms with E-state index in [1.54, 1.807) is 19.1 Å². The highest BCUT2D eigenvalue weighted by molar-refractivity contribution is 5.84. The van der Waals surface area contributed by atoms with E-state index in [4.69, 9.17) is 19.2 Å². The van der Waals surface area contributed by atoms with Gasteiger partial charge in [-0.1, -0.05) is 30.3 Å². The van der Waals surface area contributed by atoms with Gasteiger partial charge >= 0.3 is 5.97 Å². The largest absolute Gasteiger partial charge is 0.466 e. The highest BCUT2D eigenvalue weighted by atomic mass is 16.5. The Morgan fingerprint density at radius 1 is 1.22 bits per heavy atom. The van der Waals surface area contributed by atoms with Crippen molar-refractivity contribution in [1.29, 1.82) is 5.26 Å². The Hall–Kier alpha value is -3.10. The molecule has 0 N–H and O–H groups in total. The minimum absolute atomic E-state index is 0.136. The first-order chi connectivity index (χ1) is 13.2. The van der Waals surface area contributed by atoms with Crippen LogP contribution in [0.5, 0.6) is 0 Å². The summed E-state index contributed by atoms with van der Waals surface area (Å²) in [5.41, 5.74) is 3.28. The van der Waals surface area contributed by atoms with Gasteiger partial charge in [-0.3, -0.25) is 4.79 Å². The van der Waals surface area contributed by atoms with E-state index in [0.717, 1.165) is 27.9 Å². The van der Waals surface area contributed by atoms with Gasteiger partial charge in [0.05, 0.1) is 36.9 Å². The average Bonchev–Trinajstić information content (AvgIpc) is 3.07. The summed E-state index contributed by atoms with van der Waals surface area (Å²) >= 11 is 0. The number of carbonyl (C=O) groups excluding carboxylic acids is 1. The van der Waals surface area contributed by atoms with E-state index in [-0.39, 0.29) is 18.5 Å². The zero-order chi connectivity index (χ0) is 18.8. The molecule has 4 rings (SSSR count). The van der Waals surface area contributed by atoms with E-state index >= 15 is 0 Å². The Kier molecular flexibility index (Phi) is 4.66. The zero-order valence-electron chi connectivity index (χ0n) is 15.0. The van der Waals surface area contributed by atoms with Crippen LogP contribution in [0.25, 0.3) is 11.0 Å². The molecule has 1 aliphatic heterocycles. The molecule has 136 valence electrons. The molecule has 5 heteroatoms. The predicted molar refractivity (Wildman–Crippen MR) is 98.9 cm³/mol. The van der Waals surface area contributed by atoms with E-state index in [0.29, 0.717) is 18.6 Å². The number of furan rings is 1. The molecule has 0 aliphatic carbocycles. The van der Waals surface area contributed by atoms with Crippen LogP contribution in [0.2, 0.25) is 0 Å². The lowest BCUT2D eigenvalue weighted by molar-refractivity contribution is -0.148. The lowest BCUT2D eigenvalue weighted by atomic mass is 9.93. The molecule has 3 aromatic rings. The second-order valence-electron chi connectivity index (χ2n) is 6.50. The summed E-state index contributed by atoms with van der Waals surface area (Å²) in [6, 6.07) is 17.2. The van der Waals surface area contributed by atoms with E-state index < -0.39 is 6.10 Å². The van der Waals surface area contributed by atoms with Crippen molar-refractivity contribution in [3.05, 3.63) is 71.0 Å². The van der Waals surface area contributed by atoms with Gasteiger partial charge < -0.3 is 13.9 Å². The SMILES string of the molecule is CCOC(=O)C[C@@H]1O[C@H](c2ccc(C#N)cc2)Cc2oc3ccccc3c21. The van der Waals surface area contributed by atoms with Crippen molar-refractivity contribution < 1.29 is 18.7 Å². The number of benzene rings is 2. The van der Waals surface area contributed by atoms with Gasteiger partial charge in [0.1, 0.15) is 11.3 Å². The second kappa shape index (κ2) is 7.26. The molecule has 1 aromatic heterocycles. The van der Waals surface area contributed by atoms with E-state index in [1.165, 1.54) is 0 Å². The fraction of sp³-hybridized carbons (Fsp3) is 0.273. The number of para-hydroxylation sites is 1. The summed E-state index contributed by atoms with van der Waals surface area (Å²) < 4.78 is 17.5. The fourth-order valence-electron chi connectivity index (χ4n) is 3.59. The first-order valence-electron chi connectivity index (χ1n) is 9.01. The van der Waals surface area contributed by atoms with Crippen LogP contribution in [0.15, 0.2) is 52.9 Å². The number of nitriles is 1. The van der Waals surface area contributed by atoms with Crippen LogP contribution < -0.4 is 0 Å². The molecule has 0 unspecified atom stereocenters. The van der Waals surface area contributed by atoms with Gasteiger partial charge in [-0.25, -0.2) is 0 Å². The Morgan fingerprint density at radius 2 is 2.00 bits per heavy atom. The molecular weight excluding hydrogens is 342 g/mol. The maximum Gasteiger partial charge on any atom is 0.308 e. The number of fused-ring (bicyclic) bond motifs is 3. The number of hydrogen-bond acceptors (Lipinski definition) is 5. The molecule has 0 saturated heterocycles. The van der Waals surface area contributed by atoms with Gasteiger partial charge in [-0.05, 0) is 30.7 Å².